The Bertz CT molecular complexity index is 483. The summed E-state index contributed by atoms with van der Waals surface area (Å²) in [5.74, 6) is 1.31. The highest BCUT2D eigenvalue weighted by atomic mass is 16.1. The number of rotatable bonds is 4. The number of anilines is 3. The number of hydrogen-bond donors (Lipinski definition) is 3. The third-order valence-corrected chi connectivity index (χ3v) is 3.92. The van der Waals surface area contributed by atoms with Gasteiger partial charge < -0.3 is 16.4 Å². The molecule has 1 aromatic rings. The van der Waals surface area contributed by atoms with Crippen LogP contribution in [0.2, 0.25) is 0 Å². The number of amides is 1. The van der Waals surface area contributed by atoms with Crippen LogP contribution in [-0.2, 0) is 11.2 Å². The molecular formula is C15H23N3O. The first-order valence-corrected chi connectivity index (χ1v) is 6.93. The van der Waals surface area contributed by atoms with Gasteiger partial charge in [-0.2, -0.15) is 0 Å². The van der Waals surface area contributed by atoms with Gasteiger partial charge in [0.15, 0.2) is 0 Å². The maximum Gasteiger partial charge on any atom is 0.224 e. The Morgan fingerprint density at radius 2 is 2.05 bits per heavy atom. The van der Waals surface area contributed by atoms with E-state index in [4.69, 9.17) is 5.73 Å². The zero-order chi connectivity index (χ0) is 14.0. The summed E-state index contributed by atoms with van der Waals surface area (Å²) in [6.45, 7) is 7.58. The monoisotopic (exact) mass is 261 g/mol. The van der Waals surface area contributed by atoms with Gasteiger partial charge in [-0.25, -0.2) is 0 Å². The average molecular weight is 261 g/mol. The van der Waals surface area contributed by atoms with Gasteiger partial charge in [-0.1, -0.05) is 20.8 Å². The van der Waals surface area contributed by atoms with Crippen LogP contribution < -0.4 is 16.4 Å². The van der Waals surface area contributed by atoms with Gasteiger partial charge in [0.1, 0.15) is 0 Å². The number of nitrogen functional groups attached to an aromatic ring is 1. The fraction of sp³-hybridized carbons (Fsp3) is 0.533. The molecule has 4 nitrogen and oxygen atoms in total. The van der Waals surface area contributed by atoms with Crippen LogP contribution >= 0.6 is 0 Å². The van der Waals surface area contributed by atoms with Gasteiger partial charge in [-0.3, -0.25) is 4.79 Å². The minimum Gasteiger partial charge on any atom is -0.397 e. The number of benzene rings is 1. The molecule has 0 spiro atoms. The molecule has 2 rings (SSSR count). The van der Waals surface area contributed by atoms with Crippen LogP contribution in [0.3, 0.4) is 0 Å². The maximum absolute atomic E-state index is 11.3. The highest BCUT2D eigenvalue weighted by molar-refractivity contribution is 5.95. The number of carbonyl (C=O) groups excluding carboxylic acids is 1. The van der Waals surface area contributed by atoms with Crippen molar-refractivity contribution in [2.24, 2.45) is 11.8 Å². The standard InChI is InChI=1S/C15H23N3O/c1-9(2)10(3)8-17-14-6-11-4-5-15(19)18-13(11)7-12(14)16/h6-7,9-10,17H,4-5,8,16H2,1-3H3,(H,18,19). The molecule has 0 aromatic heterocycles. The molecule has 1 aliphatic rings. The first kappa shape index (κ1) is 13.7. The van der Waals surface area contributed by atoms with E-state index in [2.05, 4.69) is 37.5 Å². The van der Waals surface area contributed by atoms with Crippen molar-refractivity contribution < 1.29 is 4.79 Å². The molecule has 0 radical (unpaired) electrons. The van der Waals surface area contributed by atoms with E-state index in [1.54, 1.807) is 0 Å². The minimum atomic E-state index is 0.0704. The molecule has 1 aromatic carbocycles. The van der Waals surface area contributed by atoms with E-state index in [-0.39, 0.29) is 5.91 Å². The van der Waals surface area contributed by atoms with Crippen molar-refractivity contribution in [1.82, 2.24) is 0 Å². The normalized spacial score (nSPS) is 15.9. The Morgan fingerprint density at radius 3 is 2.74 bits per heavy atom. The van der Waals surface area contributed by atoms with Crippen LogP contribution in [0, 0.1) is 11.8 Å². The number of fused-ring (bicyclic) bond motifs is 1. The molecule has 1 amide bonds. The summed E-state index contributed by atoms with van der Waals surface area (Å²) in [4.78, 5) is 11.3. The Morgan fingerprint density at radius 1 is 1.32 bits per heavy atom. The predicted octanol–water partition coefficient (Wildman–Crippen LogP) is 2.86. The molecule has 4 heteroatoms. The maximum atomic E-state index is 11.3. The summed E-state index contributed by atoms with van der Waals surface area (Å²) in [6.07, 6.45) is 1.34. The lowest BCUT2D eigenvalue weighted by molar-refractivity contribution is -0.116. The van der Waals surface area contributed by atoms with Crippen molar-refractivity contribution >= 4 is 23.0 Å². The fourth-order valence-electron chi connectivity index (χ4n) is 2.11. The van der Waals surface area contributed by atoms with E-state index in [0.29, 0.717) is 23.9 Å². The number of nitrogens with two attached hydrogens (primary N) is 1. The number of hydrogen-bond acceptors (Lipinski definition) is 3. The molecule has 1 unspecified atom stereocenters. The van der Waals surface area contributed by atoms with Crippen molar-refractivity contribution in [1.29, 1.82) is 0 Å². The van der Waals surface area contributed by atoms with E-state index >= 15 is 0 Å². The van der Waals surface area contributed by atoms with Gasteiger partial charge >= 0.3 is 0 Å². The molecule has 0 bridgehead atoms. The van der Waals surface area contributed by atoms with Crippen LogP contribution in [0.5, 0.6) is 0 Å². The highest BCUT2D eigenvalue weighted by Gasteiger charge is 2.17. The van der Waals surface area contributed by atoms with Crippen molar-refractivity contribution in [3.63, 3.8) is 0 Å². The number of aryl methyl sites for hydroxylation is 1. The topological polar surface area (TPSA) is 67.2 Å². The van der Waals surface area contributed by atoms with Crippen molar-refractivity contribution in [2.75, 3.05) is 22.9 Å². The zero-order valence-corrected chi connectivity index (χ0v) is 11.9. The summed E-state index contributed by atoms with van der Waals surface area (Å²) >= 11 is 0. The Hall–Kier alpha value is -1.71. The molecule has 0 aliphatic carbocycles. The lowest BCUT2D eigenvalue weighted by Crippen LogP contribution is -2.20. The summed E-state index contributed by atoms with van der Waals surface area (Å²) < 4.78 is 0. The molecule has 19 heavy (non-hydrogen) atoms. The quantitative estimate of drug-likeness (QED) is 0.730. The predicted molar refractivity (Wildman–Crippen MR) is 80.3 cm³/mol. The van der Waals surface area contributed by atoms with Crippen LogP contribution in [0.25, 0.3) is 0 Å². The van der Waals surface area contributed by atoms with E-state index in [9.17, 15) is 4.79 Å². The Balaban J connectivity index is 2.12. The number of nitrogens with one attached hydrogen (secondary N) is 2. The lowest BCUT2D eigenvalue weighted by atomic mass is 9.97. The van der Waals surface area contributed by atoms with E-state index in [1.807, 2.05) is 6.07 Å². The summed E-state index contributed by atoms with van der Waals surface area (Å²) in [6, 6.07) is 3.92. The zero-order valence-electron chi connectivity index (χ0n) is 11.9. The van der Waals surface area contributed by atoms with Gasteiger partial charge in [0.05, 0.1) is 11.4 Å². The van der Waals surface area contributed by atoms with Crippen molar-refractivity contribution in [3.05, 3.63) is 17.7 Å². The van der Waals surface area contributed by atoms with Crippen molar-refractivity contribution in [3.8, 4) is 0 Å². The summed E-state index contributed by atoms with van der Waals surface area (Å²) in [7, 11) is 0. The molecular weight excluding hydrogens is 238 g/mol. The molecule has 1 atom stereocenters. The van der Waals surface area contributed by atoms with Crippen LogP contribution in [0.15, 0.2) is 12.1 Å². The smallest absolute Gasteiger partial charge is 0.224 e. The lowest BCUT2D eigenvalue weighted by Gasteiger charge is -2.22. The highest BCUT2D eigenvalue weighted by Crippen LogP contribution is 2.31. The summed E-state index contributed by atoms with van der Waals surface area (Å²) in [5.41, 5.74) is 9.72. The molecule has 0 fully saturated rings. The Labute approximate surface area is 114 Å². The van der Waals surface area contributed by atoms with Gasteiger partial charge in [0.2, 0.25) is 5.91 Å². The first-order chi connectivity index (χ1) is 8.97. The molecule has 1 aliphatic heterocycles. The average Bonchev–Trinajstić information content (AvgIpc) is 2.35. The second-order valence-electron chi connectivity index (χ2n) is 5.75. The van der Waals surface area contributed by atoms with Crippen LogP contribution in [0.4, 0.5) is 17.1 Å². The third-order valence-electron chi connectivity index (χ3n) is 3.92. The second-order valence-corrected chi connectivity index (χ2v) is 5.75. The second kappa shape index (κ2) is 5.51. The van der Waals surface area contributed by atoms with Gasteiger partial charge in [-0.05, 0) is 36.0 Å². The fourth-order valence-corrected chi connectivity index (χ4v) is 2.11. The van der Waals surface area contributed by atoms with Gasteiger partial charge in [0, 0.05) is 18.7 Å². The SMILES string of the molecule is CC(C)C(C)CNc1cc2c(cc1N)NC(=O)CC2. The molecule has 104 valence electrons. The van der Waals surface area contributed by atoms with E-state index in [1.165, 1.54) is 0 Å². The molecule has 4 N–H and O–H groups in total. The minimum absolute atomic E-state index is 0.0704. The third kappa shape index (κ3) is 3.19. The van der Waals surface area contributed by atoms with E-state index in [0.717, 1.165) is 29.9 Å². The summed E-state index contributed by atoms with van der Waals surface area (Å²) in [5, 5.41) is 6.28. The van der Waals surface area contributed by atoms with Crippen LogP contribution in [-0.4, -0.2) is 12.5 Å². The van der Waals surface area contributed by atoms with Gasteiger partial charge in [-0.15, -0.1) is 0 Å². The molecule has 0 saturated carbocycles. The largest absolute Gasteiger partial charge is 0.397 e. The van der Waals surface area contributed by atoms with E-state index < -0.39 is 0 Å². The van der Waals surface area contributed by atoms with Crippen molar-refractivity contribution in [2.45, 2.75) is 33.6 Å². The Kier molecular flexibility index (Phi) is 3.98. The van der Waals surface area contributed by atoms with Gasteiger partial charge in [0.25, 0.3) is 0 Å². The van der Waals surface area contributed by atoms with Crippen LogP contribution in [0.1, 0.15) is 32.8 Å². The first-order valence-electron chi connectivity index (χ1n) is 6.93. The number of carbonyl (C=O) groups is 1. The molecule has 1 heterocycles. The molecule has 0 saturated heterocycles.